The number of carbonyl (C=O) groups is 3. The Bertz CT molecular complexity index is 402. The molecule has 0 aliphatic carbocycles. The Morgan fingerprint density at radius 3 is 2.29 bits per heavy atom. The molecule has 6 heteroatoms. The van der Waals surface area contributed by atoms with Crippen LogP contribution in [-0.2, 0) is 19.1 Å². The van der Waals surface area contributed by atoms with E-state index in [9.17, 15) is 14.4 Å². The summed E-state index contributed by atoms with van der Waals surface area (Å²) >= 11 is 0. The standard InChI is InChI=1S/C15H26N2O4/c1-5-8-15(3,14(20)21-4)16-13(19)12-6-9-17(10-7-12)11(2)18/h12H,5-10H2,1-4H3,(H,16,19). The van der Waals surface area contributed by atoms with Crippen LogP contribution in [0.5, 0.6) is 0 Å². The van der Waals surface area contributed by atoms with Crippen molar-refractivity contribution in [2.45, 2.75) is 52.0 Å². The molecule has 1 fully saturated rings. The molecule has 1 aliphatic rings. The highest BCUT2D eigenvalue weighted by Crippen LogP contribution is 2.21. The Morgan fingerprint density at radius 1 is 1.29 bits per heavy atom. The fraction of sp³-hybridized carbons (Fsp3) is 0.800. The number of nitrogens with one attached hydrogen (secondary N) is 1. The Kier molecular flexibility index (Phi) is 6.18. The van der Waals surface area contributed by atoms with Gasteiger partial charge in [-0.25, -0.2) is 4.79 Å². The van der Waals surface area contributed by atoms with Crippen molar-refractivity contribution in [3.05, 3.63) is 0 Å². The topological polar surface area (TPSA) is 75.7 Å². The van der Waals surface area contributed by atoms with Crippen molar-refractivity contribution in [1.29, 1.82) is 0 Å². The van der Waals surface area contributed by atoms with E-state index in [0.717, 1.165) is 6.42 Å². The van der Waals surface area contributed by atoms with E-state index in [-0.39, 0.29) is 17.7 Å². The molecule has 0 aromatic carbocycles. The second kappa shape index (κ2) is 7.43. The van der Waals surface area contributed by atoms with Crippen LogP contribution in [0.2, 0.25) is 0 Å². The first-order valence-corrected chi connectivity index (χ1v) is 7.50. The Hall–Kier alpha value is -1.59. The summed E-state index contributed by atoms with van der Waals surface area (Å²) in [5, 5.41) is 2.84. The van der Waals surface area contributed by atoms with Crippen LogP contribution in [0.1, 0.15) is 46.5 Å². The quantitative estimate of drug-likeness (QED) is 0.771. The van der Waals surface area contributed by atoms with E-state index in [0.29, 0.717) is 32.4 Å². The molecule has 0 aromatic rings. The van der Waals surface area contributed by atoms with Crippen molar-refractivity contribution in [2.75, 3.05) is 20.2 Å². The highest BCUT2D eigenvalue weighted by molar-refractivity contribution is 5.88. The maximum absolute atomic E-state index is 12.4. The minimum Gasteiger partial charge on any atom is -0.467 e. The lowest BCUT2D eigenvalue weighted by Gasteiger charge is -2.33. The molecule has 1 saturated heterocycles. The highest BCUT2D eigenvalue weighted by Gasteiger charge is 2.37. The third kappa shape index (κ3) is 4.44. The predicted molar refractivity (Wildman–Crippen MR) is 78.4 cm³/mol. The van der Waals surface area contributed by atoms with Crippen LogP contribution in [0.15, 0.2) is 0 Å². The van der Waals surface area contributed by atoms with Crippen LogP contribution in [0.3, 0.4) is 0 Å². The van der Waals surface area contributed by atoms with Gasteiger partial charge in [0.05, 0.1) is 7.11 Å². The van der Waals surface area contributed by atoms with Crippen LogP contribution in [0.4, 0.5) is 0 Å². The summed E-state index contributed by atoms with van der Waals surface area (Å²) in [6.45, 7) is 6.38. The second-order valence-corrected chi connectivity index (χ2v) is 5.84. The molecule has 0 bridgehead atoms. The van der Waals surface area contributed by atoms with Gasteiger partial charge in [-0.3, -0.25) is 9.59 Å². The zero-order valence-electron chi connectivity index (χ0n) is 13.4. The lowest BCUT2D eigenvalue weighted by Crippen LogP contribution is -2.55. The number of nitrogens with zero attached hydrogens (tertiary/aromatic N) is 1. The Balaban J connectivity index is 2.63. The summed E-state index contributed by atoms with van der Waals surface area (Å²) in [5.41, 5.74) is -0.974. The SMILES string of the molecule is CCCC(C)(NC(=O)C1CCN(C(C)=O)CC1)C(=O)OC. The number of ether oxygens (including phenoxy) is 1. The van der Waals surface area contributed by atoms with Crippen molar-refractivity contribution in [3.63, 3.8) is 0 Å². The zero-order chi connectivity index (χ0) is 16.0. The summed E-state index contributed by atoms with van der Waals surface area (Å²) in [4.78, 5) is 37.3. The van der Waals surface area contributed by atoms with Crippen molar-refractivity contribution >= 4 is 17.8 Å². The van der Waals surface area contributed by atoms with Crippen molar-refractivity contribution in [3.8, 4) is 0 Å². The van der Waals surface area contributed by atoms with Gasteiger partial charge in [0.25, 0.3) is 0 Å². The van der Waals surface area contributed by atoms with Gasteiger partial charge in [0, 0.05) is 25.9 Å². The molecule has 1 atom stereocenters. The second-order valence-electron chi connectivity index (χ2n) is 5.84. The molecule has 1 heterocycles. The van der Waals surface area contributed by atoms with Gasteiger partial charge in [-0.2, -0.15) is 0 Å². The van der Waals surface area contributed by atoms with Gasteiger partial charge in [-0.05, 0) is 26.2 Å². The van der Waals surface area contributed by atoms with E-state index in [1.807, 2.05) is 6.92 Å². The first-order chi connectivity index (χ1) is 9.84. The monoisotopic (exact) mass is 298 g/mol. The molecule has 120 valence electrons. The van der Waals surface area contributed by atoms with Crippen molar-refractivity contribution in [1.82, 2.24) is 10.2 Å². The minimum absolute atomic E-state index is 0.0410. The molecule has 6 nitrogen and oxygen atoms in total. The van der Waals surface area contributed by atoms with Crippen LogP contribution in [0, 0.1) is 5.92 Å². The van der Waals surface area contributed by atoms with Gasteiger partial charge in [0.1, 0.15) is 5.54 Å². The van der Waals surface area contributed by atoms with Gasteiger partial charge >= 0.3 is 5.97 Å². The van der Waals surface area contributed by atoms with E-state index in [2.05, 4.69) is 5.32 Å². The summed E-state index contributed by atoms with van der Waals surface area (Å²) in [6, 6.07) is 0. The molecule has 1 aliphatic heterocycles. The molecular weight excluding hydrogens is 272 g/mol. The van der Waals surface area contributed by atoms with Crippen molar-refractivity contribution < 1.29 is 19.1 Å². The average Bonchev–Trinajstić information content (AvgIpc) is 2.46. The first-order valence-electron chi connectivity index (χ1n) is 7.50. The van der Waals surface area contributed by atoms with Gasteiger partial charge in [-0.15, -0.1) is 0 Å². The van der Waals surface area contributed by atoms with Gasteiger partial charge in [0.2, 0.25) is 11.8 Å². The number of hydrogen-bond donors (Lipinski definition) is 1. The molecular formula is C15H26N2O4. The summed E-state index contributed by atoms with van der Waals surface area (Å²) in [6.07, 6.45) is 2.58. The molecule has 0 radical (unpaired) electrons. The van der Waals surface area contributed by atoms with E-state index in [4.69, 9.17) is 4.74 Å². The smallest absolute Gasteiger partial charge is 0.331 e. The number of amides is 2. The largest absolute Gasteiger partial charge is 0.467 e. The van der Waals surface area contributed by atoms with E-state index < -0.39 is 11.5 Å². The molecule has 1 N–H and O–H groups in total. The third-order valence-electron chi connectivity index (χ3n) is 4.10. The number of rotatable bonds is 5. The maximum Gasteiger partial charge on any atom is 0.331 e. The van der Waals surface area contributed by atoms with Gasteiger partial charge in [-0.1, -0.05) is 13.3 Å². The Labute approximate surface area is 126 Å². The summed E-state index contributed by atoms with van der Waals surface area (Å²) < 4.78 is 4.80. The highest BCUT2D eigenvalue weighted by atomic mass is 16.5. The summed E-state index contributed by atoms with van der Waals surface area (Å²) in [5.74, 6) is -0.654. The molecule has 2 amide bonds. The van der Waals surface area contributed by atoms with Gasteiger partial charge < -0.3 is 15.0 Å². The number of piperidine rings is 1. The average molecular weight is 298 g/mol. The molecule has 1 rings (SSSR count). The van der Waals surface area contributed by atoms with Crippen LogP contribution < -0.4 is 5.32 Å². The molecule has 21 heavy (non-hydrogen) atoms. The molecule has 0 spiro atoms. The number of esters is 1. The lowest BCUT2D eigenvalue weighted by molar-refractivity contribution is -0.151. The number of carbonyl (C=O) groups excluding carboxylic acids is 3. The molecule has 0 saturated carbocycles. The number of likely N-dealkylation sites (tertiary alicyclic amines) is 1. The normalized spacial score (nSPS) is 18.8. The minimum atomic E-state index is -0.974. The van der Waals surface area contributed by atoms with E-state index in [1.165, 1.54) is 14.0 Å². The molecule has 1 unspecified atom stereocenters. The van der Waals surface area contributed by atoms with Crippen LogP contribution in [-0.4, -0.2) is 48.4 Å². The zero-order valence-corrected chi connectivity index (χ0v) is 13.4. The van der Waals surface area contributed by atoms with Crippen molar-refractivity contribution in [2.24, 2.45) is 5.92 Å². The summed E-state index contributed by atoms with van der Waals surface area (Å²) in [7, 11) is 1.33. The van der Waals surface area contributed by atoms with E-state index in [1.54, 1.807) is 11.8 Å². The molecule has 0 aromatic heterocycles. The lowest BCUT2D eigenvalue weighted by atomic mass is 9.91. The van der Waals surface area contributed by atoms with Crippen LogP contribution in [0.25, 0.3) is 0 Å². The predicted octanol–water partition coefficient (Wildman–Crippen LogP) is 1.09. The number of methoxy groups -OCH3 is 1. The van der Waals surface area contributed by atoms with E-state index >= 15 is 0 Å². The van der Waals surface area contributed by atoms with Crippen LogP contribution >= 0.6 is 0 Å². The number of hydrogen-bond acceptors (Lipinski definition) is 4. The fourth-order valence-corrected chi connectivity index (χ4v) is 2.77. The third-order valence-corrected chi connectivity index (χ3v) is 4.10. The first kappa shape index (κ1) is 17.5. The Morgan fingerprint density at radius 2 is 1.86 bits per heavy atom. The fourth-order valence-electron chi connectivity index (χ4n) is 2.77. The van der Waals surface area contributed by atoms with Gasteiger partial charge in [0.15, 0.2) is 0 Å². The maximum atomic E-state index is 12.4.